The van der Waals surface area contributed by atoms with Crippen molar-refractivity contribution in [2.75, 3.05) is 35.8 Å². The summed E-state index contributed by atoms with van der Waals surface area (Å²) in [6.45, 7) is 4.48. The third-order valence-electron chi connectivity index (χ3n) is 5.44. The van der Waals surface area contributed by atoms with Crippen molar-refractivity contribution in [1.82, 2.24) is 19.9 Å². The Morgan fingerprint density at radius 1 is 1.22 bits per heavy atom. The fraction of sp³-hybridized carbons (Fsp3) is 0.364. The van der Waals surface area contributed by atoms with Gasteiger partial charge in [0.25, 0.3) is 5.91 Å². The Balaban J connectivity index is 1.75. The minimum atomic E-state index is -3.14. The molecule has 3 aromatic rings. The Morgan fingerprint density at radius 3 is 2.69 bits per heavy atom. The van der Waals surface area contributed by atoms with Crippen LogP contribution in [0.3, 0.4) is 0 Å². The number of carbonyl (C=O) groups excluding carboxylic acids is 1. The van der Waals surface area contributed by atoms with Gasteiger partial charge in [0, 0.05) is 36.8 Å². The van der Waals surface area contributed by atoms with Gasteiger partial charge in [-0.2, -0.15) is 4.98 Å². The van der Waals surface area contributed by atoms with E-state index < -0.39 is 9.84 Å². The first kappa shape index (κ1) is 21.9. The average molecular weight is 455 g/mol. The number of hydrogen-bond donors (Lipinski definition) is 1. The van der Waals surface area contributed by atoms with Gasteiger partial charge in [-0.15, -0.1) is 0 Å². The minimum absolute atomic E-state index is 0.0128. The van der Waals surface area contributed by atoms with E-state index in [4.69, 9.17) is 0 Å². The van der Waals surface area contributed by atoms with Crippen LogP contribution in [0.25, 0.3) is 10.9 Å². The van der Waals surface area contributed by atoms with E-state index in [1.165, 1.54) is 6.26 Å². The highest BCUT2D eigenvalue weighted by Gasteiger charge is 2.35. The van der Waals surface area contributed by atoms with E-state index in [1.807, 2.05) is 56.1 Å². The van der Waals surface area contributed by atoms with Gasteiger partial charge in [-0.05, 0) is 26.0 Å². The predicted octanol–water partition coefficient (Wildman–Crippen LogP) is 2.61. The number of pyridine rings is 1. The first-order valence-corrected chi connectivity index (χ1v) is 12.4. The van der Waals surface area contributed by atoms with Crippen LogP contribution in [0.5, 0.6) is 0 Å². The van der Waals surface area contributed by atoms with Crippen molar-refractivity contribution in [2.24, 2.45) is 0 Å². The fourth-order valence-corrected chi connectivity index (χ4v) is 4.13. The third kappa shape index (κ3) is 4.36. The number of aromatic nitrogens is 3. The van der Waals surface area contributed by atoms with Gasteiger partial charge in [0.05, 0.1) is 29.7 Å². The van der Waals surface area contributed by atoms with E-state index in [0.29, 0.717) is 18.1 Å². The molecule has 0 bridgehead atoms. The molecule has 32 heavy (non-hydrogen) atoms. The van der Waals surface area contributed by atoms with E-state index in [9.17, 15) is 13.2 Å². The Bertz CT molecular complexity index is 1290. The van der Waals surface area contributed by atoms with Gasteiger partial charge >= 0.3 is 0 Å². The van der Waals surface area contributed by atoms with Gasteiger partial charge in [0.2, 0.25) is 5.95 Å². The van der Waals surface area contributed by atoms with Gasteiger partial charge in [0.1, 0.15) is 21.3 Å². The number of anilines is 3. The summed E-state index contributed by atoms with van der Waals surface area (Å²) in [7, 11) is -1.27. The molecule has 0 spiro atoms. The molecule has 10 heteroatoms. The monoisotopic (exact) mass is 454 g/mol. The highest BCUT2D eigenvalue weighted by atomic mass is 32.2. The molecule has 0 saturated carbocycles. The molecule has 168 valence electrons. The SMILES string of the molecule is CC(C)N1Cc2c(nc(NCCS(C)(=O)=O)nc2N(C)c2cnc3ccccc3c2)C1=O. The second kappa shape index (κ2) is 8.34. The molecule has 0 radical (unpaired) electrons. The fourth-order valence-electron chi connectivity index (χ4n) is 3.66. The van der Waals surface area contributed by atoms with E-state index >= 15 is 0 Å². The molecule has 2 aromatic heterocycles. The van der Waals surface area contributed by atoms with Gasteiger partial charge in [-0.3, -0.25) is 9.78 Å². The number of hydrogen-bond acceptors (Lipinski definition) is 8. The zero-order valence-corrected chi connectivity index (χ0v) is 19.3. The molecular weight excluding hydrogens is 428 g/mol. The molecule has 1 N–H and O–H groups in total. The maximum Gasteiger partial charge on any atom is 0.273 e. The van der Waals surface area contributed by atoms with Crippen LogP contribution >= 0.6 is 0 Å². The summed E-state index contributed by atoms with van der Waals surface area (Å²) in [4.78, 5) is 30.2. The van der Waals surface area contributed by atoms with Crippen LogP contribution in [0.15, 0.2) is 36.5 Å². The summed E-state index contributed by atoms with van der Waals surface area (Å²) in [5.41, 5.74) is 2.79. The summed E-state index contributed by atoms with van der Waals surface area (Å²) in [5.74, 6) is 0.599. The average Bonchev–Trinajstić information content (AvgIpc) is 3.08. The summed E-state index contributed by atoms with van der Waals surface area (Å²) in [6, 6.07) is 9.87. The Morgan fingerprint density at radius 2 is 1.97 bits per heavy atom. The maximum absolute atomic E-state index is 13.0. The number of nitrogens with zero attached hydrogens (tertiary/aromatic N) is 5. The molecule has 1 amide bonds. The zero-order valence-electron chi connectivity index (χ0n) is 18.5. The first-order valence-electron chi connectivity index (χ1n) is 10.4. The number of fused-ring (bicyclic) bond motifs is 2. The number of rotatable bonds is 7. The smallest absolute Gasteiger partial charge is 0.273 e. The van der Waals surface area contributed by atoms with Gasteiger partial charge in [-0.25, -0.2) is 13.4 Å². The van der Waals surface area contributed by atoms with Crippen LogP contribution in [0, 0.1) is 0 Å². The predicted molar refractivity (Wildman–Crippen MR) is 125 cm³/mol. The number of para-hydroxylation sites is 1. The molecule has 0 fully saturated rings. The second-order valence-corrected chi connectivity index (χ2v) is 10.5. The normalized spacial score (nSPS) is 13.7. The number of carbonyl (C=O) groups is 1. The molecule has 0 atom stereocenters. The van der Waals surface area contributed by atoms with Crippen LogP contribution < -0.4 is 10.2 Å². The molecule has 0 unspecified atom stereocenters. The van der Waals surface area contributed by atoms with Crippen LogP contribution in [0.1, 0.15) is 29.9 Å². The van der Waals surface area contributed by atoms with E-state index in [2.05, 4.69) is 20.3 Å². The lowest BCUT2D eigenvalue weighted by Crippen LogP contribution is -2.31. The molecular formula is C22H26N6O3S. The van der Waals surface area contributed by atoms with Crippen LogP contribution in [-0.4, -0.2) is 65.8 Å². The van der Waals surface area contributed by atoms with Gasteiger partial charge in [0.15, 0.2) is 0 Å². The third-order valence-corrected chi connectivity index (χ3v) is 6.38. The van der Waals surface area contributed by atoms with Crippen molar-refractivity contribution in [3.63, 3.8) is 0 Å². The number of amides is 1. The molecule has 1 aliphatic heterocycles. The molecule has 0 aliphatic carbocycles. The van der Waals surface area contributed by atoms with Crippen molar-refractivity contribution < 1.29 is 13.2 Å². The lowest BCUT2D eigenvalue weighted by atomic mass is 10.2. The molecule has 4 rings (SSSR count). The minimum Gasteiger partial charge on any atom is -0.353 e. The Hall–Kier alpha value is -3.27. The van der Waals surface area contributed by atoms with Crippen molar-refractivity contribution >= 4 is 44.1 Å². The lowest BCUT2D eigenvalue weighted by molar-refractivity contribution is 0.0726. The van der Waals surface area contributed by atoms with Gasteiger partial charge in [-0.1, -0.05) is 18.2 Å². The van der Waals surface area contributed by atoms with Crippen molar-refractivity contribution in [3.8, 4) is 0 Å². The van der Waals surface area contributed by atoms with Crippen molar-refractivity contribution in [1.29, 1.82) is 0 Å². The van der Waals surface area contributed by atoms with E-state index in [0.717, 1.165) is 22.2 Å². The standard InChI is InChI=1S/C22H26N6O3S/c1-14(2)28-13-17-19(21(28)29)25-22(23-9-10-32(4,30)31)26-20(17)27(3)16-11-15-7-5-6-8-18(15)24-12-16/h5-8,11-12,14H,9-10,13H2,1-4H3,(H,23,25,26). The highest BCUT2D eigenvalue weighted by Crippen LogP contribution is 2.34. The Labute approximate surface area is 187 Å². The topological polar surface area (TPSA) is 108 Å². The molecule has 1 aliphatic rings. The van der Waals surface area contributed by atoms with Crippen LogP contribution in [-0.2, 0) is 16.4 Å². The van der Waals surface area contributed by atoms with Crippen LogP contribution in [0.4, 0.5) is 17.5 Å². The molecule has 1 aromatic carbocycles. The number of nitrogens with one attached hydrogen (secondary N) is 1. The van der Waals surface area contributed by atoms with Crippen LogP contribution in [0.2, 0.25) is 0 Å². The summed E-state index contributed by atoms with van der Waals surface area (Å²) >= 11 is 0. The quantitative estimate of drug-likeness (QED) is 0.580. The lowest BCUT2D eigenvalue weighted by Gasteiger charge is -2.22. The molecule has 3 heterocycles. The summed E-state index contributed by atoms with van der Waals surface area (Å²) in [5, 5.41) is 3.95. The zero-order chi connectivity index (χ0) is 23.0. The Kier molecular flexibility index (Phi) is 5.72. The van der Waals surface area contributed by atoms with Crippen molar-refractivity contribution in [2.45, 2.75) is 26.4 Å². The molecule has 9 nitrogen and oxygen atoms in total. The van der Waals surface area contributed by atoms with E-state index in [-0.39, 0.29) is 30.2 Å². The summed E-state index contributed by atoms with van der Waals surface area (Å²) in [6.07, 6.45) is 2.94. The van der Waals surface area contributed by atoms with Gasteiger partial charge < -0.3 is 15.1 Å². The highest BCUT2D eigenvalue weighted by molar-refractivity contribution is 7.90. The number of benzene rings is 1. The van der Waals surface area contributed by atoms with Crippen molar-refractivity contribution in [3.05, 3.63) is 47.8 Å². The first-order chi connectivity index (χ1) is 15.1. The molecule has 0 saturated heterocycles. The maximum atomic E-state index is 13.0. The largest absolute Gasteiger partial charge is 0.353 e. The second-order valence-electron chi connectivity index (χ2n) is 8.23. The number of sulfone groups is 1. The summed E-state index contributed by atoms with van der Waals surface area (Å²) < 4.78 is 23.0. The van der Waals surface area contributed by atoms with E-state index in [1.54, 1.807) is 11.1 Å².